The van der Waals surface area contributed by atoms with E-state index in [1.165, 1.54) is 26.4 Å². The highest BCUT2D eigenvalue weighted by Gasteiger charge is 2.44. The van der Waals surface area contributed by atoms with E-state index >= 15 is 0 Å². The Labute approximate surface area is 106 Å². The predicted molar refractivity (Wildman–Crippen MR) is 66.7 cm³/mol. The molecule has 0 heterocycles. The summed E-state index contributed by atoms with van der Waals surface area (Å²) >= 11 is 3.47. The number of methoxy groups -OCH3 is 2. The zero-order valence-electron chi connectivity index (χ0n) is 10.3. The van der Waals surface area contributed by atoms with Gasteiger partial charge in [0.15, 0.2) is 0 Å². The van der Waals surface area contributed by atoms with Crippen LogP contribution >= 0.6 is 15.9 Å². The van der Waals surface area contributed by atoms with Crippen LogP contribution in [-0.2, 0) is 14.3 Å². The zero-order chi connectivity index (χ0) is 12.2. The van der Waals surface area contributed by atoms with E-state index in [9.17, 15) is 4.79 Å². The van der Waals surface area contributed by atoms with E-state index in [-0.39, 0.29) is 12.1 Å². The molecule has 0 aromatic carbocycles. The van der Waals surface area contributed by atoms with Crippen LogP contribution in [0.5, 0.6) is 0 Å². The van der Waals surface area contributed by atoms with Gasteiger partial charge >= 0.3 is 5.97 Å². The Morgan fingerprint density at radius 3 is 2.31 bits per heavy atom. The molecule has 0 aliphatic heterocycles. The lowest BCUT2D eigenvalue weighted by molar-refractivity contribution is -0.148. The van der Waals surface area contributed by atoms with E-state index < -0.39 is 4.32 Å². The van der Waals surface area contributed by atoms with Gasteiger partial charge in [-0.2, -0.15) is 0 Å². The van der Waals surface area contributed by atoms with Crippen LogP contribution in [0.1, 0.15) is 39.0 Å². The predicted octanol–water partition coefficient (Wildman–Crippen LogP) is 2.91. The number of rotatable bonds is 4. The molecule has 0 aromatic heterocycles. The average Bonchev–Trinajstić information content (AvgIpc) is 2.30. The van der Waals surface area contributed by atoms with Crippen LogP contribution in [0, 0.1) is 5.92 Å². The van der Waals surface area contributed by atoms with Crippen molar-refractivity contribution in [3.05, 3.63) is 0 Å². The molecule has 4 heteroatoms. The first-order chi connectivity index (χ1) is 7.54. The van der Waals surface area contributed by atoms with Crippen molar-refractivity contribution in [2.75, 3.05) is 14.2 Å². The number of carbonyl (C=O) groups is 1. The normalized spacial score (nSPS) is 23.5. The maximum absolute atomic E-state index is 11.7. The second-order valence-electron chi connectivity index (χ2n) is 4.62. The number of esters is 1. The Morgan fingerprint density at radius 1 is 1.31 bits per heavy atom. The van der Waals surface area contributed by atoms with Gasteiger partial charge in [0.2, 0.25) is 0 Å². The van der Waals surface area contributed by atoms with Crippen molar-refractivity contribution >= 4 is 21.9 Å². The summed E-state index contributed by atoms with van der Waals surface area (Å²) in [5.41, 5.74) is 0. The zero-order valence-corrected chi connectivity index (χ0v) is 11.9. The second-order valence-corrected chi connectivity index (χ2v) is 6.27. The number of carbonyl (C=O) groups excluding carboxylic acids is 1. The SMILES string of the molecule is COC(=O)[C@@](C)(Br)[C@@H](OC)C1CCCCC1. The Balaban J connectivity index is 2.74. The van der Waals surface area contributed by atoms with E-state index in [2.05, 4.69) is 15.9 Å². The molecule has 1 fully saturated rings. The number of ether oxygens (including phenoxy) is 2. The molecule has 3 nitrogen and oxygen atoms in total. The molecule has 0 radical (unpaired) electrons. The van der Waals surface area contributed by atoms with Gasteiger partial charge in [-0.15, -0.1) is 0 Å². The fourth-order valence-electron chi connectivity index (χ4n) is 2.61. The molecule has 0 unspecified atom stereocenters. The van der Waals surface area contributed by atoms with Gasteiger partial charge in [-0.05, 0) is 25.7 Å². The minimum absolute atomic E-state index is 0.111. The summed E-state index contributed by atoms with van der Waals surface area (Å²) in [6.07, 6.45) is 5.92. The van der Waals surface area contributed by atoms with Gasteiger partial charge in [-0.25, -0.2) is 0 Å². The molecule has 0 N–H and O–H groups in total. The Kier molecular flexibility index (Phi) is 5.25. The summed E-state index contributed by atoms with van der Waals surface area (Å²) in [4.78, 5) is 11.7. The molecule has 0 saturated heterocycles. The average molecular weight is 293 g/mol. The molecular formula is C12H21BrO3. The fourth-order valence-corrected chi connectivity index (χ4v) is 3.33. The standard InChI is InChI=1S/C12H21BrO3/c1-12(13,11(14)16-3)10(15-2)9-7-5-4-6-8-9/h9-10H,4-8H2,1-3H3/t10-,12-/m0/s1. The molecule has 0 aromatic rings. The van der Waals surface area contributed by atoms with Crippen LogP contribution in [0.25, 0.3) is 0 Å². The molecule has 0 spiro atoms. The first-order valence-electron chi connectivity index (χ1n) is 5.84. The molecule has 1 saturated carbocycles. The summed E-state index contributed by atoms with van der Waals surface area (Å²) in [5, 5.41) is 0. The van der Waals surface area contributed by atoms with Crippen LogP contribution in [0.15, 0.2) is 0 Å². The van der Waals surface area contributed by atoms with E-state index in [0.29, 0.717) is 5.92 Å². The maximum atomic E-state index is 11.7. The quantitative estimate of drug-likeness (QED) is 0.590. The minimum atomic E-state index is -0.738. The lowest BCUT2D eigenvalue weighted by Gasteiger charge is -2.36. The van der Waals surface area contributed by atoms with Crippen LogP contribution in [0.4, 0.5) is 0 Å². The van der Waals surface area contributed by atoms with Crippen LogP contribution < -0.4 is 0 Å². The van der Waals surface area contributed by atoms with Gasteiger partial charge in [-0.3, -0.25) is 4.79 Å². The van der Waals surface area contributed by atoms with Gasteiger partial charge in [0.25, 0.3) is 0 Å². The fraction of sp³-hybridized carbons (Fsp3) is 0.917. The van der Waals surface area contributed by atoms with E-state index in [0.717, 1.165) is 12.8 Å². The third-order valence-electron chi connectivity index (χ3n) is 3.45. The Bertz CT molecular complexity index is 234. The van der Waals surface area contributed by atoms with Crippen molar-refractivity contribution in [2.24, 2.45) is 5.92 Å². The number of alkyl halides is 1. The first kappa shape index (κ1) is 14.0. The third kappa shape index (κ3) is 2.98. The molecular weight excluding hydrogens is 272 g/mol. The van der Waals surface area contributed by atoms with E-state index in [1.54, 1.807) is 7.11 Å². The maximum Gasteiger partial charge on any atom is 0.325 e. The molecule has 0 bridgehead atoms. The van der Waals surface area contributed by atoms with Gasteiger partial charge in [0.05, 0.1) is 13.2 Å². The van der Waals surface area contributed by atoms with Crippen molar-refractivity contribution in [1.82, 2.24) is 0 Å². The second kappa shape index (κ2) is 6.01. The van der Waals surface area contributed by atoms with Gasteiger partial charge in [-0.1, -0.05) is 35.2 Å². The van der Waals surface area contributed by atoms with Crippen molar-refractivity contribution in [1.29, 1.82) is 0 Å². The van der Waals surface area contributed by atoms with Gasteiger partial charge in [0.1, 0.15) is 4.32 Å². The highest BCUT2D eigenvalue weighted by molar-refractivity contribution is 9.10. The van der Waals surface area contributed by atoms with Crippen molar-refractivity contribution < 1.29 is 14.3 Å². The number of halogens is 1. The molecule has 94 valence electrons. The molecule has 1 aliphatic carbocycles. The summed E-state index contributed by atoms with van der Waals surface area (Å²) in [6.45, 7) is 1.83. The Morgan fingerprint density at radius 2 is 1.88 bits per heavy atom. The molecule has 16 heavy (non-hydrogen) atoms. The minimum Gasteiger partial charge on any atom is -0.468 e. The summed E-state index contributed by atoms with van der Waals surface area (Å²) < 4.78 is 9.62. The largest absolute Gasteiger partial charge is 0.468 e. The number of hydrogen-bond donors (Lipinski definition) is 0. The monoisotopic (exact) mass is 292 g/mol. The summed E-state index contributed by atoms with van der Waals surface area (Å²) in [7, 11) is 3.08. The number of hydrogen-bond acceptors (Lipinski definition) is 3. The van der Waals surface area contributed by atoms with E-state index in [4.69, 9.17) is 9.47 Å². The Hall–Kier alpha value is -0.0900. The summed E-state index contributed by atoms with van der Waals surface area (Å²) in [5.74, 6) is 0.187. The highest BCUT2D eigenvalue weighted by Crippen LogP contribution is 2.37. The molecule has 1 aliphatic rings. The first-order valence-corrected chi connectivity index (χ1v) is 6.63. The van der Waals surface area contributed by atoms with Crippen LogP contribution in [0.2, 0.25) is 0 Å². The third-order valence-corrected chi connectivity index (χ3v) is 4.23. The van der Waals surface area contributed by atoms with Crippen molar-refractivity contribution in [2.45, 2.75) is 49.5 Å². The van der Waals surface area contributed by atoms with E-state index in [1.807, 2.05) is 6.92 Å². The lowest BCUT2D eigenvalue weighted by Crippen LogP contribution is -2.47. The van der Waals surface area contributed by atoms with Crippen molar-refractivity contribution in [3.8, 4) is 0 Å². The summed E-state index contributed by atoms with van der Waals surface area (Å²) in [6, 6.07) is 0. The van der Waals surface area contributed by atoms with Gasteiger partial charge in [0, 0.05) is 7.11 Å². The highest BCUT2D eigenvalue weighted by atomic mass is 79.9. The van der Waals surface area contributed by atoms with Crippen molar-refractivity contribution in [3.63, 3.8) is 0 Å². The molecule has 1 rings (SSSR count). The topological polar surface area (TPSA) is 35.5 Å². The van der Waals surface area contributed by atoms with Crippen LogP contribution in [0.3, 0.4) is 0 Å². The molecule has 0 amide bonds. The smallest absolute Gasteiger partial charge is 0.325 e. The van der Waals surface area contributed by atoms with Gasteiger partial charge < -0.3 is 9.47 Å². The molecule has 2 atom stereocenters. The lowest BCUT2D eigenvalue weighted by atomic mass is 9.80. The van der Waals surface area contributed by atoms with Crippen LogP contribution in [-0.4, -0.2) is 30.6 Å².